The molecule has 0 bridgehead atoms. The molecule has 4 rings (SSSR count). The average Bonchev–Trinajstić information content (AvgIpc) is 2.79. The maximum atomic E-state index is 13.5. The zero-order valence-corrected chi connectivity index (χ0v) is 17.6. The first-order valence-corrected chi connectivity index (χ1v) is 10.5. The Hall–Kier alpha value is -3.19. The third kappa shape index (κ3) is 5.11. The quantitative estimate of drug-likeness (QED) is 0.658. The van der Waals surface area contributed by atoms with Crippen molar-refractivity contribution in [2.24, 2.45) is 5.92 Å². The molecule has 3 aromatic rings. The smallest absolute Gasteiger partial charge is 0.271 e. The molecule has 160 valence electrons. The second kappa shape index (κ2) is 9.31. The zero-order chi connectivity index (χ0) is 21.8. The van der Waals surface area contributed by atoms with Gasteiger partial charge in [-0.25, -0.2) is 4.39 Å². The first-order valence-electron chi connectivity index (χ1n) is 10.1. The number of piperidine rings is 1. The topological polar surface area (TPSA) is 67.2 Å². The molecule has 0 atom stereocenters. The second-order valence-corrected chi connectivity index (χ2v) is 7.96. The molecule has 0 unspecified atom stereocenters. The number of nitrogens with zero attached hydrogens (tertiary/aromatic N) is 3. The van der Waals surface area contributed by atoms with E-state index in [0.717, 1.165) is 5.56 Å². The SMILES string of the molecule is O=C(NCc1ccc(Cl)cc1)C1CCN(c2ccc(=O)n(-c3cccc(F)c3)n2)CC1. The molecule has 0 spiro atoms. The lowest BCUT2D eigenvalue weighted by Crippen LogP contribution is -2.41. The molecular formula is C23H22ClFN4O2. The number of amides is 1. The summed E-state index contributed by atoms with van der Waals surface area (Å²) in [6.45, 7) is 1.76. The van der Waals surface area contributed by atoms with E-state index >= 15 is 0 Å². The Bertz CT molecular complexity index is 1120. The van der Waals surface area contributed by atoms with E-state index in [1.54, 1.807) is 30.3 Å². The van der Waals surface area contributed by atoms with E-state index < -0.39 is 5.82 Å². The van der Waals surface area contributed by atoms with E-state index in [2.05, 4.69) is 10.4 Å². The fourth-order valence-corrected chi connectivity index (χ4v) is 3.80. The Morgan fingerprint density at radius 2 is 1.84 bits per heavy atom. The normalized spacial score (nSPS) is 14.5. The van der Waals surface area contributed by atoms with Crippen LogP contribution in [0.4, 0.5) is 10.2 Å². The summed E-state index contributed by atoms with van der Waals surface area (Å²) >= 11 is 5.89. The summed E-state index contributed by atoms with van der Waals surface area (Å²) in [6.07, 6.45) is 1.38. The minimum atomic E-state index is -0.429. The number of rotatable bonds is 5. The van der Waals surface area contributed by atoms with Crippen molar-refractivity contribution in [3.8, 4) is 5.69 Å². The van der Waals surface area contributed by atoms with Gasteiger partial charge in [-0.15, -0.1) is 5.10 Å². The standard InChI is InChI=1S/C23H22ClFN4O2/c24-18-6-4-16(5-7-18)15-26-23(31)17-10-12-28(13-11-17)21-8-9-22(30)29(27-21)20-3-1-2-19(25)14-20/h1-9,14,17H,10-13,15H2,(H,26,31). The van der Waals surface area contributed by atoms with Gasteiger partial charge in [-0.3, -0.25) is 9.59 Å². The van der Waals surface area contributed by atoms with Crippen LogP contribution in [0.2, 0.25) is 5.02 Å². The number of halogens is 2. The molecule has 1 amide bonds. The largest absolute Gasteiger partial charge is 0.355 e. The molecule has 2 heterocycles. The number of carbonyl (C=O) groups is 1. The minimum absolute atomic E-state index is 0.0345. The van der Waals surface area contributed by atoms with Crippen LogP contribution in [0.15, 0.2) is 65.5 Å². The van der Waals surface area contributed by atoms with Gasteiger partial charge in [0.2, 0.25) is 5.91 Å². The summed E-state index contributed by atoms with van der Waals surface area (Å²) in [5.41, 5.74) is 1.05. The molecule has 6 nitrogen and oxygen atoms in total. The van der Waals surface area contributed by atoms with Gasteiger partial charge in [0.1, 0.15) is 11.6 Å². The van der Waals surface area contributed by atoms with Crippen molar-refractivity contribution in [2.75, 3.05) is 18.0 Å². The Balaban J connectivity index is 1.37. The van der Waals surface area contributed by atoms with Gasteiger partial charge in [0.05, 0.1) is 5.69 Å². The van der Waals surface area contributed by atoms with Gasteiger partial charge in [0, 0.05) is 36.6 Å². The average molecular weight is 441 g/mol. The van der Waals surface area contributed by atoms with Gasteiger partial charge < -0.3 is 10.2 Å². The number of anilines is 1. The molecule has 8 heteroatoms. The molecule has 31 heavy (non-hydrogen) atoms. The van der Waals surface area contributed by atoms with Crippen LogP contribution in [0, 0.1) is 11.7 Å². The fraction of sp³-hybridized carbons (Fsp3) is 0.261. The van der Waals surface area contributed by atoms with Crippen molar-refractivity contribution in [2.45, 2.75) is 19.4 Å². The molecule has 2 aromatic carbocycles. The minimum Gasteiger partial charge on any atom is -0.355 e. The van der Waals surface area contributed by atoms with Gasteiger partial charge in [0.25, 0.3) is 5.56 Å². The second-order valence-electron chi connectivity index (χ2n) is 7.53. The molecule has 1 aliphatic rings. The molecule has 1 fully saturated rings. The van der Waals surface area contributed by atoms with Crippen LogP contribution < -0.4 is 15.8 Å². The van der Waals surface area contributed by atoms with Gasteiger partial charge in [-0.05, 0) is 54.8 Å². The van der Waals surface area contributed by atoms with Crippen LogP contribution in [-0.4, -0.2) is 28.8 Å². The van der Waals surface area contributed by atoms with Gasteiger partial charge in [0.15, 0.2) is 0 Å². The molecule has 0 saturated carbocycles. The predicted octanol–water partition coefficient (Wildman–Crippen LogP) is 3.56. The lowest BCUT2D eigenvalue weighted by Gasteiger charge is -2.32. The summed E-state index contributed by atoms with van der Waals surface area (Å²) in [5.74, 6) is 0.163. The molecule has 1 aliphatic heterocycles. The van der Waals surface area contributed by atoms with Crippen LogP contribution in [0.1, 0.15) is 18.4 Å². The molecule has 1 saturated heterocycles. The molecule has 0 radical (unpaired) electrons. The van der Waals surface area contributed by atoms with E-state index in [1.807, 2.05) is 17.0 Å². The van der Waals surface area contributed by atoms with Crippen LogP contribution >= 0.6 is 11.6 Å². The number of benzene rings is 2. The van der Waals surface area contributed by atoms with E-state index in [-0.39, 0.29) is 17.4 Å². The highest BCUT2D eigenvalue weighted by molar-refractivity contribution is 6.30. The highest BCUT2D eigenvalue weighted by Crippen LogP contribution is 2.22. The molecular weight excluding hydrogens is 419 g/mol. The summed E-state index contributed by atoms with van der Waals surface area (Å²) < 4.78 is 14.7. The third-order valence-corrected chi connectivity index (χ3v) is 5.66. The maximum absolute atomic E-state index is 13.5. The number of hydrogen-bond acceptors (Lipinski definition) is 4. The lowest BCUT2D eigenvalue weighted by molar-refractivity contribution is -0.125. The monoisotopic (exact) mass is 440 g/mol. The van der Waals surface area contributed by atoms with Crippen molar-refractivity contribution in [3.05, 3.63) is 87.4 Å². The first-order chi connectivity index (χ1) is 15.0. The summed E-state index contributed by atoms with van der Waals surface area (Å²) in [7, 11) is 0. The van der Waals surface area contributed by atoms with Crippen LogP contribution in [-0.2, 0) is 11.3 Å². The number of aromatic nitrogens is 2. The Kier molecular flexibility index (Phi) is 6.32. The van der Waals surface area contributed by atoms with Crippen LogP contribution in [0.5, 0.6) is 0 Å². The lowest BCUT2D eigenvalue weighted by atomic mass is 9.96. The molecule has 0 aliphatic carbocycles. The highest BCUT2D eigenvalue weighted by atomic mass is 35.5. The van der Waals surface area contributed by atoms with E-state index in [0.29, 0.717) is 49.0 Å². The fourth-order valence-electron chi connectivity index (χ4n) is 3.67. The van der Waals surface area contributed by atoms with Crippen molar-refractivity contribution < 1.29 is 9.18 Å². The van der Waals surface area contributed by atoms with Crippen molar-refractivity contribution in [1.82, 2.24) is 15.1 Å². The van der Waals surface area contributed by atoms with Gasteiger partial charge in [-0.1, -0.05) is 29.8 Å². The van der Waals surface area contributed by atoms with Crippen molar-refractivity contribution in [3.63, 3.8) is 0 Å². The van der Waals surface area contributed by atoms with Crippen LogP contribution in [0.25, 0.3) is 5.69 Å². The van der Waals surface area contributed by atoms with E-state index in [4.69, 9.17) is 11.6 Å². The first kappa shape index (κ1) is 21.1. The number of hydrogen-bond donors (Lipinski definition) is 1. The van der Waals surface area contributed by atoms with Crippen molar-refractivity contribution in [1.29, 1.82) is 0 Å². The van der Waals surface area contributed by atoms with Gasteiger partial charge >= 0.3 is 0 Å². The number of nitrogens with one attached hydrogen (secondary N) is 1. The van der Waals surface area contributed by atoms with Gasteiger partial charge in [-0.2, -0.15) is 4.68 Å². The third-order valence-electron chi connectivity index (χ3n) is 5.41. The maximum Gasteiger partial charge on any atom is 0.271 e. The highest BCUT2D eigenvalue weighted by Gasteiger charge is 2.25. The molecule has 1 aromatic heterocycles. The summed E-state index contributed by atoms with van der Waals surface area (Å²) in [4.78, 5) is 26.8. The zero-order valence-electron chi connectivity index (χ0n) is 16.8. The Morgan fingerprint density at radius 1 is 1.10 bits per heavy atom. The number of carbonyl (C=O) groups excluding carboxylic acids is 1. The van der Waals surface area contributed by atoms with E-state index in [9.17, 15) is 14.0 Å². The van der Waals surface area contributed by atoms with Crippen LogP contribution in [0.3, 0.4) is 0 Å². The summed E-state index contributed by atoms with van der Waals surface area (Å²) in [6, 6.07) is 16.3. The Morgan fingerprint density at radius 3 is 2.55 bits per heavy atom. The Labute approximate surface area is 184 Å². The predicted molar refractivity (Wildman–Crippen MR) is 118 cm³/mol. The van der Waals surface area contributed by atoms with E-state index in [1.165, 1.54) is 22.9 Å². The molecule has 1 N–H and O–H groups in total. The van der Waals surface area contributed by atoms with Crippen molar-refractivity contribution >= 4 is 23.3 Å². The summed E-state index contributed by atoms with van der Waals surface area (Å²) in [5, 5.41) is 8.07.